The van der Waals surface area contributed by atoms with Gasteiger partial charge >= 0.3 is 0 Å². The first-order chi connectivity index (χ1) is 7.25. The van der Waals surface area contributed by atoms with E-state index in [1.807, 2.05) is 6.92 Å². The number of nitrogens with one attached hydrogen (secondary N) is 2. The molecule has 0 aliphatic heterocycles. The van der Waals surface area contributed by atoms with Crippen LogP contribution in [0.1, 0.15) is 18.5 Å². The third kappa shape index (κ3) is 2.28. The van der Waals surface area contributed by atoms with Crippen molar-refractivity contribution in [2.75, 3.05) is 5.32 Å². The van der Waals surface area contributed by atoms with Crippen molar-refractivity contribution < 1.29 is 4.39 Å². The molecule has 0 fully saturated rings. The molecule has 2 rings (SSSR count). The topological polar surface area (TPSA) is 66.5 Å². The first kappa shape index (κ1) is 9.57. The average molecular weight is 207 g/mol. The number of halogens is 1. The van der Waals surface area contributed by atoms with Gasteiger partial charge in [0, 0.05) is 17.8 Å². The van der Waals surface area contributed by atoms with E-state index in [2.05, 4.69) is 25.5 Å². The van der Waals surface area contributed by atoms with Gasteiger partial charge < -0.3 is 5.32 Å². The highest BCUT2D eigenvalue weighted by atomic mass is 19.1. The molecule has 0 radical (unpaired) electrons. The van der Waals surface area contributed by atoms with Gasteiger partial charge in [-0.1, -0.05) is 0 Å². The molecule has 6 heteroatoms. The first-order valence-electron chi connectivity index (χ1n) is 4.48. The molecule has 1 unspecified atom stereocenters. The van der Waals surface area contributed by atoms with E-state index >= 15 is 0 Å². The summed E-state index contributed by atoms with van der Waals surface area (Å²) < 4.78 is 12.8. The van der Waals surface area contributed by atoms with Crippen LogP contribution >= 0.6 is 0 Å². The number of hydrogen-bond donors (Lipinski definition) is 2. The molecule has 0 saturated carbocycles. The summed E-state index contributed by atoms with van der Waals surface area (Å²) in [6, 6.07) is 1.26. The highest BCUT2D eigenvalue weighted by Crippen LogP contribution is 2.15. The average Bonchev–Trinajstić information content (AvgIpc) is 2.70. The molecule has 15 heavy (non-hydrogen) atoms. The minimum absolute atomic E-state index is 0.0121. The molecular formula is C9H10FN5. The van der Waals surface area contributed by atoms with E-state index in [0.717, 1.165) is 5.56 Å². The minimum Gasteiger partial charge on any atom is -0.363 e. The molecule has 0 aliphatic rings. The monoisotopic (exact) mass is 207 g/mol. The van der Waals surface area contributed by atoms with E-state index in [-0.39, 0.29) is 6.04 Å². The number of rotatable bonds is 3. The Morgan fingerprint density at radius 1 is 1.47 bits per heavy atom. The number of anilines is 1. The summed E-state index contributed by atoms with van der Waals surface area (Å²) in [6.45, 7) is 1.94. The molecule has 0 amide bonds. The number of hydrogen-bond acceptors (Lipinski definition) is 4. The van der Waals surface area contributed by atoms with Crippen molar-refractivity contribution in [3.8, 4) is 0 Å². The quantitative estimate of drug-likeness (QED) is 0.749. The first-order valence-corrected chi connectivity index (χ1v) is 4.48. The number of nitrogens with zero attached hydrogens (tertiary/aromatic N) is 3. The maximum atomic E-state index is 12.8. The summed E-state index contributed by atoms with van der Waals surface area (Å²) in [6.07, 6.45) is 4.66. The lowest BCUT2D eigenvalue weighted by atomic mass is 10.2. The Balaban J connectivity index is 2.09. The Kier molecular flexibility index (Phi) is 2.57. The Bertz CT molecular complexity index is 428. The molecule has 2 heterocycles. The van der Waals surface area contributed by atoms with Gasteiger partial charge in [0.15, 0.2) is 0 Å². The van der Waals surface area contributed by atoms with E-state index in [9.17, 15) is 4.39 Å². The summed E-state index contributed by atoms with van der Waals surface area (Å²) in [5.41, 5.74) is 0.981. The smallest absolute Gasteiger partial charge is 0.217 e. The second-order valence-corrected chi connectivity index (χ2v) is 3.12. The van der Waals surface area contributed by atoms with Gasteiger partial charge in [-0.2, -0.15) is 9.49 Å². The SMILES string of the molecule is CC(Nc1cc(F)ncn1)c1cn[nH]c1. The van der Waals surface area contributed by atoms with E-state index < -0.39 is 5.95 Å². The third-order valence-electron chi connectivity index (χ3n) is 2.02. The lowest BCUT2D eigenvalue weighted by molar-refractivity contribution is 0.579. The lowest BCUT2D eigenvalue weighted by Gasteiger charge is -2.11. The van der Waals surface area contributed by atoms with Crippen LogP contribution in [0.25, 0.3) is 0 Å². The summed E-state index contributed by atoms with van der Waals surface area (Å²) >= 11 is 0. The van der Waals surface area contributed by atoms with Gasteiger partial charge in [-0.15, -0.1) is 0 Å². The van der Waals surface area contributed by atoms with Gasteiger partial charge in [0.05, 0.1) is 12.2 Å². The highest BCUT2D eigenvalue weighted by Gasteiger charge is 2.07. The van der Waals surface area contributed by atoms with Crippen LogP contribution in [0.3, 0.4) is 0 Å². The Morgan fingerprint density at radius 3 is 3.00 bits per heavy atom. The second kappa shape index (κ2) is 4.04. The minimum atomic E-state index is -0.549. The zero-order valence-corrected chi connectivity index (χ0v) is 8.11. The van der Waals surface area contributed by atoms with Gasteiger partial charge in [-0.25, -0.2) is 9.97 Å². The predicted molar refractivity (Wildman–Crippen MR) is 52.6 cm³/mol. The van der Waals surface area contributed by atoms with Gasteiger partial charge in [0.25, 0.3) is 0 Å². The Hall–Kier alpha value is -1.98. The van der Waals surface area contributed by atoms with Crippen LogP contribution in [0, 0.1) is 5.95 Å². The van der Waals surface area contributed by atoms with Crippen molar-refractivity contribution in [3.63, 3.8) is 0 Å². The Labute approximate surface area is 85.8 Å². The summed E-state index contributed by atoms with van der Waals surface area (Å²) in [5, 5.41) is 9.58. The largest absolute Gasteiger partial charge is 0.363 e. The normalized spacial score (nSPS) is 12.4. The molecule has 0 spiro atoms. The summed E-state index contributed by atoms with van der Waals surface area (Å²) in [5.74, 6) is -0.0944. The summed E-state index contributed by atoms with van der Waals surface area (Å²) in [4.78, 5) is 7.27. The zero-order valence-electron chi connectivity index (χ0n) is 8.11. The van der Waals surface area contributed by atoms with E-state index in [4.69, 9.17) is 0 Å². The van der Waals surface area contributed by atoms with Crippen LogP contribution in [-0.2, 0) is 0 Å². The van der Waals surface area contributed by atoms with Gasteiger partial charge in [-0.3, -0.25) is 5.10 Å². The molecule has 78 valence electrons. The van der Waals surface area contributed by atoms with Crippen molar-refractivity contribution in [1.82, 2.24) is 20.2 Å². The fraction of sp³-hybridized carbons (Fsp3) is 0.222. The molecule has 2 aromatic heterocycles. The maximum Gasteiger partial charge on any atom is 0.217 e. The van der Waals surface area contributed by atoms with Crippen LogP contribution in [0.4, 0.5) is 10.2 Å². The van der Waals surface area contributed by atoms with Gasteiger partial charge in [0.2, 0.25) is 5.95 Å². The number of H-pyrrole nitrogens is 1. The molecular weight excluding hydrogens is 197 g/mol. The van der Waals surface area contributed by atoms with Crippen LogP contribution in [0.2, 0.25) is 0 Å². The van der Waals surface area contributed by atoms with Gasteiger partial charge in [-0.05, 0) is 6.92 Å². The Morgan fingerprint density at radius 2 is 2.33 bits per heavy atom. The van der Waals surface area contributed by atoms with Crippen LogP contribution < -0.4 is 5.32 Å². The second-order valence-electron chi connectivity index (χ2n) is 3.12. The fourth-order valence-electron chi connectivity index (χ4n) is 1.22. The van der Waals surface area contributed by atoms with Crippen molar-refractivity contribution in [2.24, 2.45) is 0 Å². The van der Waals surface area contributed by atoms with Crippen molar-refractivity contribution in [1.29, 1.82) is 0 Å². The van der Waals surface area contributed by atoms with E-state index in [0.29, 0.717) is 5.82 Å². The summed E-state index contributed by atoms with van der Waals surface area (Å²) in [7, 11) is 0. The highest BCUT2D eigenvalue weighted by molar-refractivity contribution is 5.35. The van der Waals surface area contributed by atoms with Gasteiger partial charge in [0.1, 0.15) is 12.1 Å². The molecule has 5 nitrogen and oxygen atoms in total. The fourth-order valence-corrected chi connectivity index (χ4v) is 1.22. The van der Waals surface area contributed by atoms with Crippen LogP contribution in [-0.4, -0.2) is 20.2 Å². The third-order valence-corrected chi connectivity index (χ3v) is 2.02. The zero-order chi connectivity index (χ0) is 10.7. The predicted octanol–water partition coefficient (Wildman–Crippen LogP) is 1.51. The van der Waals surface area contributed by atoms with Crippen molar-refractivity contribution in [2.45, 2.75) is 13.0 Å². The molecule has 0 saturated heterocycles. The van der Waals surface area contributed by atoms with Crippen LogP contribution in [0.5, 0.6) is 0 Å². The molecule has 2 aromatic rings. The molecule has 2 N–H and O–H groups in total. The standard InChI is InChI=1S/C9H10FN5/c1-6(7-3-13-14-4-7)15-9-2-8(10)11-5-12-9/h2-6H,1H3,(H,13,14)(H,11,12,15). The van der Waals surface area contributed by atoms with E-state index in [1.54, 1.807) is 12.4 Å². The van der Waals surface area contributed by atoms with E-state index in [1.165, 1.54) is 12.4 Å². The van der Waals surface area contributed by atoms with Crippen LogP contribution in [0.15, 0.2) is 24.8 Å². The number of aromatic nitrogens is 4. The van der Waals surface area contributed by atoms with Crippen molar-refractivity contribution >= 4 is 5.82 Å². The maximum absolute atomic E-state index is 12.8. The molecule has 0 aliphatic carbocycles. The van der Waals surface area contributed by atoms with Crippen molar-refractivity contribution in [3.05, 3.63) is 36.3 Å². The molecule has 1 atom stereocenters. The number of aromatic amines is 1. The molecule has 0 bridgehead atoms. The lowest BCUT2D eigenvalue weighted by Crippen LogP contribution is -2.07. The molecule has 0 aromatic carbocycles.